The zero-order valence-corrected chi connectivity index (χ0v) is 34.0. The second-order valence-electron chi connectivity index (χ2n) is 17.1. The number of hydrogen-bond donors (Lipinski definition) is 3. The number of carbonyl (C=O) groups excluding carboxylic acids is 1. The van der Waals surface area contributed by atoms with Crippen LogP contribution in [0.1, 0.15) is 102 Å². The van der Waals surface area contributed by atoms with Crippen LogP contribution >= 0.6 is 0 Å². The van der Waals surface area contributed by atoms with Gasteiger partial charge in [0.15, 0.2) is 11.5 Å². The van der Waals surface area contributed by atoms with Crippen molar-refractivity contribution in [2.24, 2.45) is 22.4 Å². The summed E-state index contributed by atoms with van der Waals surface area (Å²) in [6.07, 6.45) is 13.7. The normalized spacial score (nSPS) is 21.5. The lowest BCUT2D eigenvalue weighted by Gasteiger charge is -2.56. The van der Waals surface area contributed by atoms with Gasteiger partial charge in [0.25, 0.3) is 0 Å². The van der Waals surface area contributed by atoms with Crippen molar-refractivity contribution in [3.05, 3.63) is 71.2 Å². The molecule has 57 heavy (non-hydrogen) atoms. The van der Waals surface area contributed by atoms with Gasteiger partial charge < -0.3 is 34.7 Å². The molecule has 13 heteroatoms. The number of likely N-dealkylation sites (tertiary alicyclic amines) is 2. The van der Waals surface area contributed by atoms with Crippen LogP contribution in [0.2, 0.25) is 0 Å². The predicted molar refractivity (Wildman–Crippen MR) is 220 cm³/mol. The van der Waals surface area contributed by atoms with Crippen LogP contribution < -0.4 is 4.90 Å². The number of piperidine rings is 2. The van der Waals surface area contributed by atoms with E-state index in [2.05, 4.69) is 54.4 Å². The number of aromatic nitrogens is 5. The van der Waals surface area contributed by atoms with Gasteiger partial charge in [-0.2, -0.15) is 0 Å². The summed E-state index contributed by atoms with van der Waals surface area (Å²) in [7, 11) is 0. The highest BCUT2D eigenvalue weighted by Crippen LogP contribution is 2.52. The summed E-state index contributed by atoms with van der Waals surface area (Å²) in [5.41, 5.74) is 6.88. The monoisotopic (exact) mass is 775 g/mol. The molecule has 13 nitrogen and oxygen atoms in total. The molecule has 0 radical (unpaired) electrons. The molecule has 1 spiro atoms. The molecule has 1 aromatic carbocycles. The second kappa shape index (κ2) is 16.1. The van der Waals surface area contributed by atoms with E-state index in [1.807, 2.05) is 52.0 Å². The molecule has 1 saturated carbocycles. The summed E-state index contributed by atoms with van der Waals surface area (Å²) in [6.45, 7) is 15.1. The molecule has 3 N–H and O–H groups in total. The van der Waals surface area contributed by atoms with Gasteiger partial charge in [-0.15, -0.1) is 10.2 Å². The molecule has 2 atom stereocenters. The molecule has 8 rings (SSSR count). The van der Waals surface area contributed by atoms with Crippen molar-refractivity contribution in [3.63, 3.8) is 0 Å². The highest BCUT2D eigenvalue weighted by atomic mass is 16.5. The zero-order valence-electron chi connectivity index (χ0n) is 34.0. The minimum atomic E-state index is -0.356. The Kier molecular flexibility index (Phi) is 10.9. The molecule has 2 saturated heterocycles. The third kappa shape index (κ3) is 7.58. The number of ether oxygens (including phenoxy) is 1. The molecule has 1 unspecified atom stereocenters. The lowest BCUT2D eigenvalue weighted by Crippen LogP contribution is -2.56. The minimum Gasteiger partial charge on any atom is -0.507 e. The number of nitrogens with one attached hydrogen (secondary N) is 1. The van der Waals surface area contributed by atoms with Crippen LogP contribution in [0.25, 0.3) is 22.3 Å². The predicted octanol–water partition coefficient (Wildman–Crippen LogP) is 7.24. The summed E-state index contributed by atoms with van der Waals surface area (Å²) in [5.74, 6) is 1.45. The molecule has 3 aromatic heterocycles. The van der Waals surface area contributed by atoms with Gasteiger partial charge in [-0.1, -0.05) is 36.7 Å². The first kappa shape index (κ1) is 38.8. The van der Waals surface area contributed by atoms with E-state index < -0.39 is 0 Å². The maximum Gasteiger partial charge on any atom is 0.313 e. The van der Waals surface area contributed by atoms with E-state index in [1.165, 1.54) is 29.7 Å². The standard InChI is InChI=1S/C44H57N9O4/c1-6-57-42(55)39(27(2)3)28(4)21-38(50-56)52-19-14-44(15-20-52)23-32(24-44)51-16-11-30(12-17-51)31-25-45-43(46-26-31)53-18-13-35-40(29(53)5)34-22-36(48-49-41(34)47-35)33-9-7-8-10-37(33)54/h7-10,21-22,25-27,29-30,32,39,54,56H,6,11-20,23-24H2,1-5H3,(H,47,49)/b28-21+,50-38+/t29-,39?/m0/s1. The quantitative estimate of drug-likeness (QED) is 0.0518. The number of benzene rings is 1. The summed E-state index contributed by atoms with van der Waals surface area (Å²) in [4.78, 5) is 33.1. The number of H-pyrrole nitrogens is 1. The summed E-state index contributed by atoms with van der Waals surface area (Å²) in [5, 5.41) is 34.0. The van der Waals surface area contributed by atoms with Gasteiger partial charge in [0.1, 0.15) is 5.75 Å². The second-order valence-corrected chi connectivity index (χ2v) is 17.1. The number of fused-ring (bicyclic) bond motifs is 3. The Balaban J connectivity index is 0.834. The maximum absolute atomic E-state index is 12.6. The van der Waals surface area contributed by atoms with E-state index in [0.717, 1.165) is 87.4 Å². The Morgan fingerprint density at radius 2 is 1.79 bits per heavy atom. The van der Waals surface area contributed by atoms with E-state index in [1.54, 1.807) is 12.1 Å². The van der Waals surface area contributed by atoms with E-state index in [0.29, 0.717) is 41.1 Å². The first-order valence-electron chi connectivity index (χ1n) is 20.9. The number of anilines is 1. The highest BCUT2D eigenvalue weighted by Gasteiger charge is 2.48. The smallest absolute Gasteiger partial charge is 0.313 e. The molecule has 4 aromatic rings. The largest absolute Gasteiger partial charge is 0.507 e. The van der Waals surface area contributed by atoms with Crippen LogP contribution in [-0.2, 0) is 16.0 Å². The van der Waals surface area contributed by atoms with E-state index in [4.69, 9.17) is 14.7 Å². The van der Waals surface area contributed by atoms with Crippen LogP contribution in [0, 0.1) is 17.3 Å². The van der Waals surface area contributed by atoms with E-state index in [9.17, 15) is 15.1 Å². The van der Waals surface area contributed by atoms with E-state index in [-0.39, 0.29) is 29.6 Å². The fourth-order valence-corrected chi connectivity index (χ4v) is 10.2. The third-order valence-corrected chi connectivity index (χ3v) is 13.4. The molecular weight excluding hydrogens is 719 g/mol. The Hall–Kier alpha value is -5.04. The van der Waals surface area contributed by atoms with Gasteiger partial charge in [0, 0.05) is 66.7 Å². The van der Waals surface area contributed by atoms with Gasteiger partial charge >= 0.3 is 5.97 Å². The highest BCUT2D eigenvalue weighted by molar-refractivity contribution is 5.94. The summed E-state index contributed by atoms with van der Waals surface area (Å²) < 4.78 is 5.33. The molecule has 1 aliphatic carbocycles. The fourth-order valence-electron chi connectivity index (χ4n) is 10.2. The van der Waals surface area contributed by atoms with Crippen LogP contribution in [0.5, 0.6) is 5.75 Å². The Bertz CT molecular complexity index is 2120. The Labute approximate surface area is 335 Å². The zero-order chi connectivity index (χ0) is 39.8. The molecule has 0 amide bonds. The van der Waals surface area contributed by atoms with E-state index >= 15 is 0 Å². The van der Waals surface area contributed by atoms with Crippen LogP contribution in [0.4, 0.5) is 5.95 Å². The SMILES string of the molecule is CCOC(=O)C(/C(C)=C/C(=N\O)N1CCC2(CC1)CC(N1CCC(c3cnc(N4CCc5[nH]c6nnc(-c7ccccc7O)cc6c5[C@@H]4C)nc3)CC1)C2)C(C)C. The lowest BCUT2D eigenvalue weighted by molar-refractivity contribution is -0.147. The molecule has 4 aliphatic rings. The number of rotatable bonds is 9. The van der Waals surface area contributed by atoms with Crippen molar-refractivity contribution >= 4 is 28.8 Å². The summed E-state index contributed by atoms with van der Waals surface area (Å²) >= 11 is 0. The number of nitrogens with zero attached hydrogens (tertiary/aromatic N) is 8. The van der Waals surface area contributed by atoms with Crippen molar-refractivity contribution < 1.29 is 19.8 Å². The van der Waals surface area contributed by atoms with Gasteiger partial charge in [0.2, 0.25) is 5.95 Å². The number of hydrogen-bond acceptors (Lipinski definition) is 11. The minimum absolute atomic E-state index is 0.0437. The van der Waals surface area contributed by atoms with Crippen molar-refractivity contribution in [1.82, 2.24) is 34.9 Å². The lowest BCUT2D eigenvalue weighted by atomic mass is 9.59. The topological polar surface area (TPSA) is 156 Å². The van der Waals surface area contributed by atoms with Crippen LogP contribution in [0.15, 0.2) is 59.5 Å². The molecular formula is C44H57N9O4. The van der Waals surface area contributed by atoms with Crippen molar-refractivity contribution in [3.8, 4) is 17.0 Å². The first-order chi connectivity index (χ1) is 27.6. The van der Waals surface area contributed by atoms with Crippen LogP contribution in [-0.4, -0.2) is 102 Å². The molecule has 3 fully saturated rings. The van der Waals surface area contributed by atoms with Crippen molar-refractivity contribution in [1.29, 1.82) is 0 Å². The number of phenolic OH excluding ortho intramolecular Hbond substituents is 1. The number of para-hydroxylation sites is 1. The number of oxime groups is 1. The Morgan fingerprint density at radius 1 is 1.07 bits per heavy atom. The first-order valence-corrected chi connectivity index (χ1v) is 20.9. The summed E-state index contributed by atoms with van der Waals surface area (Å²) in [6, 6.07) is 9.94. The number of esters is 1. The average molecular weight is 776 g/mol. The van der Waals surface area contributed by atoms with Gasteiger partial charge in [-0.3, -0.25) is 4.79 Å². The number of aromatic amines is 1. The van der Waals surface area contributed by atoms with Gasteiger partial charge in [-0.25, -0.2) is 9.97 Å². The van der Waals surface area contributed by atoms with Crippen LogP contribution in [0.3, 0.4) is 0 Å². The van der Waals surface area contributed by atoms with Gasteiger partial charge in [-0.05, 0) is 119 Å². The maximum atomic E-state index is 12.6. The number of carbonyl (C=O) groups is 1. The van der Waals surface area contributed by atoms with Crippen molar-refractivity contribution in [2.75, 3.05) is 44.2 Å². The average Bonchev–Trinajstić information content (AvgIpc) is 3.58. The fraction of sp³-hybridized carbons (Fsp3) is 0.545. The number of phenols is 1. The van der Waals surface area contributed by atoms with Gasteiger partial charge in [0.05, 0.1) is 24.3 Å². The molecule has 3 aliphatic heterocycles. The number of aromatic hydroxyl groups is 1. The molecule has 6 heterocycles. The molecule has 302 valence electrons. The van der Waals surface area contributed by atoms with Crippen molar-refractivity contribution in [2.45, 2.75) is 97.6 Å². The third-order valence-electron chi connectivity index (χ3n) is 13.4. The number of amidine groups is 1. The molecule has 0 bridgehead atoms. The Morgan fingerprint density at radius 3 is 2.46 bits per heavy atom.